The summed E-state index contributed by atoms with van der Waals surface area (Å²) in [6, 6.07) is 5.31. The smallest absolute Gasteiger partial charge is 0.396 e. The number of pyridine rings is 2. The van der Waals surface area contributed by atoms with E-state index in [0.29, 0.717) is 29.3 Å². The van der Waals surface area contributed by atoms with Gasteiger partial charge in [-0.3, -0.25) is 4.98 Å². The number of rotatable bonds is 2. The number of primary amides is 1. The number of fused-ring (bicyclic) bond motifs is 2. The third kappa shape index (κ3) is 3.14. The van der Waals surface area contributed by atoms with Crippen molar-refractivity contribution in [2.24, 2.45) is 11.7 Å². The number of carbonyl (C=O) groups excluding carboxylic acids is 1. The average molecular weight is 392 g/mol. The van der Waals surface area contributed by atoms with Crippen LogP contribution in [-0.2, 0) is 6.42 Å². The van der Waals surface area contributed by atoms with Crippen LogP contribution in [0.5, 0.6) is 5.88 Å². The van der Waals surface area contributed by atoms with Crippen LogP contribution in [-0.4, -0.2) is 22.6 Å². The van der Waals surface area contributed by atoms with Crippen molar-refractivity contribution in [3.8, 4) is 23.1 Å². The molecule has 1 unspecified atom stereocenters. The summed E-state index contributed by atoms with van der Waals surface area (Å²) in [6.07, 6.45) is 2.46. The van der Waals surface area contributed by atoms with Gasteiger partial charge >= 0.3 is 6.09 Å². The normalized spacial score (nSPS) is 15.3. The molecule has 29 heavy (non-hydrogen) atoms. The molecule has 0 radical (unpaired) electrons. The summed E-state index contributed by atoms with van der Waals surface area (Å²) in [4.78, 5) is 19.3. The summed E-state index contributed by atoms with van der Waals surface area (Å²) >= 11 is 0. The van der Waals surface area contributed by atoms with Gasteiger partial charge in [0.15, 0.2) is 5.82 Å². The Labute approximate surface area is 165 Å². The van der Waals surface area contributed by atoms with Crippen LogP contribution in [0.1, 0.15) is 11.3 Å². The van der Waals surface area contributed by atoms with Crippen LogP contribution in [0.2, 0.25) is 0 Å². The fourth-order valence-electron chi connectivity index (χ4n) is 3.57. The number of nitrogens with zero attached hydrogens (tertiary/aromatic N) is 3. The minimum Gasteiger partial charge on any atom is -0.396 e. The first-order chi connectivity index (χ1) is 13.9. The molecule has 0 saturated carbocycles. The molecule has 0 aliphatic carbocycles. The highest BCUT2D eigenvalue weighted by Crippen LogP contribution is 2.38. The minimum absolute atomic E-state index is 0.00791. The largest absolute Gasteiger partial charge is 0.411 e. The number of aromatic nitrogens is 2. The number of carbonyl (C=O) groups is 1. The molecule has 3 aromatic rings. The van der Waals surface area contributed by atoms with Gasteiger partial charge in [0.05, 0.1) is 29.1 Å². The molecule has 0 saturated heterocycles. The van der Waals surface area contributed by atoms with E-state index in [0.717, 1.165) is 16.9 Å². The van der Waals surface area contributed by atoms with E-state index in [1.807, 2.05) is 6.92 Å². The predicted octanol–water partition coefficient (Wildman–Crippen LogP) is 2.89. The summed E-state index contributed by atoms with van der Waals surface area (Å²) < 4.78 is 19.9. The van der Waals surface area contributed by atoms with Gasteiger partial charge < -0.3 is 21.5 Å². The molecule has 0 bridgehead atoms. The van der Waals surface area contributed by atoms with Gasteiger partial charge in [-0.25, -0.2) is 14.2 Å². The van der Waals surface area contributed by atoms with Gasteiger partial charge in [0, 0.05) is 47.9 Å². The molecule has 2 aromatic heterocycles. The number of hydrogen-bond donors (Lipinski definition) is 3. The Morgan fingerprint density at radius 1 is 1.34 bits per heavy atom. The SMILES string of the molecule is Cc1c(-c2cc3cc(OC(N)=O)ncc3c(N)c2F)cnc2c1NCC(C#N)C2. The Bertz CT molecular complexity index is 1200. The fourth-order valence-corrected chi connectivity index (χ4v) is 3.57. The fraction of sp³-hybridized carbons (Fsp3) is 0.200. The molecule has 1 amide bonds. The third-order valence-electron chi connectivity index (χ3n) is 5.03. The molecule has 0 fully saturated rings. The number of hydrogen-bond acceptors (Lipinski definition) is 7. The molecule has 1 atom stereocenters. The van der Waals surface area contributed by atoms with Crippen molar-refractivity contribution in [3.63, 3.8) is 0 Å². The lowest BCUT2D eigenvalue weighted by molar-refractivity contribution is 0.209. The van der Waals surface area contributed by atoms with Crippen molar-refractivity contribution in [1.29, 1.82) is 5.26 Å². The van der Waals surface area contributed by atoms with Gasteiger partial charge in [0.2, 0.25) is 5.88 Å². The number of nitrogens with one attached hydrogen (secondary N) is 1. The quantitative estimate of drug-likeness (QED) is 0.570. The molecule has 5 N–H and O–H groups in total. The van der Waals surface area contributed by atoms with Crippen LogP contribution in [0.4, 0.5) is 20.6 Å². The van der Waals surface area contributed by atoms with Crippen LogP contribution in [0, 0.1) is 30.0 Å². The molecule has 3 heterocycles. The molecule has 9 heteroatoms. The van der Waals surface area contributed by atoms with Gasteiger partial charge in [0.1, 0.15) is 0 Å². The van der Waals surface area contributed by atoms with E-state index in [4.69, 9.17) is 21.5 Å². The van der Waals surface area contributed by atoms with E-state index in [1.165, 1.54) is 12.3 Å². The van der Waals surface area contributed by atoms with Gasteiger partial charge in [-0.2, -0.15) is 5.26 Å². The van der Waals surface area contributed by atoms with E-state index in [9.17, 15) is 4.79 Å². The van der Waals surface area contributed by atoms with Gasteiger partial charge in [-0.15, -0.1) is 0 Å². The zero-order valence-corrected chi connectivity index (χ0v) is 15.5. The molecule has 146 valence electrons. The number of anilines is 2. The Morgan fingerprint density at radius 2 is 2.14 bits per heavy atom. The Kier molecular flexibility index (Phi) is 4.39. The highest BCUT2D eigenvalue weighted by Gasteiger charge is 2.24. The second-order valence-electron chi connectivity index (χ2n) is 6.85. The van der Waals surface area contributed by atoms with Crippen molar-refractivity contribution in [2.45, 2.75) is 13.3 Å². The van der Waals surface area contributed by atoms with Gasteiger partial charge in [0.25, 0.3) is 0 Å². The molecule has 4 rings (SSSR count). The zero-order valence-electron chi connectivity index (χ0n) is 15.5. The highest BCUT2D eigenvalue weighted by molar-refractivity contribution is 5.98. The number of halogens is 1. The number of nitriles is 1. The molecule has 1 aliphatic heterocycles. The van der Waals surface area contributed by atoms with Crippen molar-refractivity contribution in [1.82, 2.24) is 9.97 Å². The Balaban J connectivity index is 1.86. The molecule has 8 nitrogen and oxygen atoms in total. The second-order valence-corrected chi connectivity index (χ2v) is 6.85. The minimum atomic E-state index is -0.997. The Hall–Kier alpha value is -3.93. The summed E-state index contributed by atoms with van der Waals surface area (Å²) in [6.45, 7) is 2.38. The number of ether oxygens (including phenoxy) is 1. The Morgan fingerprint density at radius 3 is 2.86 bits per heavy atom. The first-order valence-electron chi connectivity index (χ1n) is 8.86. The molecular formula is C20H17FN6O2. The lowest BCUT2D eigenvalue weighted by atomic mass is 9.92. The van der Waals surface area contributed by atoms with Crippen LogP contribution in [0.25, 0.3) is 21.9 Å². The predicted molar refractivity (Wildman–Crippen MR) is 106 cm³/mol. The lowest BCUT2D eigenvalue weighted by Crippen LogP contribution is -2.23. The van der Waals surface area contributed by atoms with Crippen LogP contribution in [0.15, 0.2) is 24.5 Å². The lowest BCUT2D eigenvalue weighted by Gasteiger charge is -2.24. The van der Waals surface area contributed by atoms with Gasteiger partial charge in [-0.05, 0) is 23.9 Å². The number of benzene rings is 1. The first kappa shape index (κ1) is 18.4. The number of nitrogens with two attached hydrogens (primary N) is 2. The zero-order chi connectivity index (χ0) is 20.7. The standard InChI is InChI=1S/C20H17FN6O2/c1-9-13(7-25-15-2-10(5-22)6-27-19(9)15)12-3-11-4-16(29-20(24)28)26-8-14(11)18(23)17(12)21/h3-4,7-8,10,27H,2,6,23H2,1H3,(H2,24,28). The third-order valence-corrected chi connectivity index (χ3v) is 5.03. The maximum atomic E-state index is 15.1. The summed E-state index contributed by atoms with van der Waals surface area (Å²) in [7, 11) is 0. The van der Waals surface area contributed by atoms with Crippen molar-refractivity contribution < 1.29 is 13.9 Å². The maximum Gasteiger partial charge on any atom is 0.411 e. The number of amides is 1. The van der Waals surface area contributed by atoms with Gasteiger partial charge in [-0.1, -0.05) is 0 Å². The molecule has 1 aromatic carbocycles. The number of nitrogen functional groups attached to an aromatic ring is 1. The average Bonchev–Trinajstić information content (AvgIpc) is 2.70. The molecule has 1 aliphatic rings. The summed E-state index contributed by atoms with van der Waals surface area (Å²) in [5.41, 5.74) is 14.2. The van der Waals surface area contributed by atoms with E-state index < -0.39 is 11.9 Å². The highest BCUT2D eigenvalue weighted by atomic mass is 19.1. The maximum absolute atomic E-state index is 15.1. The van der Waals surface area contributed by atoms with E-state index in [2.05, 4.69) is 21.4 Å². The summed E-state index contributed by atoms with van der Waals surface area (Å²) in [5.74, 6) is -0.741. The van der Waals surface area contributed by atoms with Crippen molar-refractivity contribution in [3.05, 3.63) is 41.6 Å². The summed E-state index contributed by atoms with van der Waals surface area (Å²) in [5, 5.41) is 13.3. The first-order valence-corrected chi connectivity index (χ1v) is 8.86. The second kappa shape index (κ2) is 6.91. The van der Waals surface area contributed by atoms with Crippen molar-refractivity contribution >= 4 is 28.2 Å². The van der Waals surface area contributed by atoms with Crippen LogP contribution in [0.3, 0.4) is 0 Å². The van der Waals surface area contributed by atoms with E-state index in [-0.39, 0.29) is 23.0 Å². The van der Waals surface area contributed by atoms with Crippen LogP contribution >= 0.6 is 0 Å². The molecular weight excluding hydrogens is 375 g/mol. The van der Waals surface area contributed by atoms with E-state index >= 15 is 4.39 Å². The van der Waals surface area contributed by atoms with E-state index in [1.54, 1.807) is 12.3 Å². The monoisotopic (exact) mass is 392 g/mol. The topological polar surface area (TPSA) is 140 Å². The van der Waals surface area contributed by atoms with Crippen LogP contribution < -0.4 is 21.5 Å². The molecule has 0 spiro atoms. The van der Waals surface area contributed by atoms with Crippen molar-refractivity contribution in [2.75, 3.05) is 17.6 Å².